The molecule has 1 saturated carbocycles. The Bertz CT molecular complexity index is 767. The van der Waals surface area contributed by atoms with Gasteiger partial charge in [0.2, 0.25) is 0 Å². The first-order valence-corrected chi connectivity index (χ1v) is 10.4. The fourth-order valence-electron chi connectivity index (χ4n) is 3.78. The molecule has 142 valence electrons. The van der Waals surface area contributed by atoms with Gasteiger partial charge in [-0.2, -0.15) is 0 Å². The third-order valence-corrected chi connectivity index (χ3v) is 6.51. The Morgan fingerprint density at radius 2 is 1.50 bits per heavy atom. The van der Waals surface area contributed by atoms with Crippen molar-refractivity contribution in [1.29, 1.82) is 0 Å². The molecule has 0 radical (unpaired) electrons. The van der Waals surface area contributed by atoms with Gasteiger partial charge in [0.05, 0.1) is 11.2 Å². The van der Waals surface area contributed by atoms with Gasteiger partial charge >= 0.3 is 0 Å². The Morgan fingerprint density at radius 3 is 1.96 bits per heavy atom. The Labute approximate surface area is 161 Å². The highest BCUT2D eigenvalue weighted by atomic mass is 32.1. The van der Waals surface area contributed by atoms with Crippen molar-refractivity contribution in [1.82, 2.24) is 4.98 Å². The molecule has 1 aliphatic carbocycles. The molecule has 3 rings (SSSR count). The molecule has 0 spiro atoms. The minimum absolute atomic E-state index is 0.139. The number of benzene rings is 1. The Morgan fingerprint density at radius 1 is 1.00 bits per heavy atom. The van der Waals surface area contributed by atoms with Crippen LogP contribution in [0.5, 0.6) is 5.75 Å². The number of nitrogens with two attached hydrogens (primary N) is 1. The summed E-state index contributed by atoms with van der Waals surface area (Å²) in [6, 6.07) is 4.20. The summed E-state index contributed by atoms with van der Waals surface area (Å²) < 4.78 is 0. The number of aromatic hydroxyl groups is 1. The molecule has 0 atom stereocenters. The number of thiazole rings is 1. The molecule has 0 bridgehead atoms. The first kappa shape index (κ1) is 19.4. The second-order valence-corrected chi connectivity index (χ2v) is 10.7. The highest BCUT2D eigenvalue weighted by molar-refractivity contribution is 7.10. The molecule has 0 aliphatic heterocycles. The highest BCUT2D eigenvalue weighted by Gasteiger charge is 2.34. The summed E-state index contributed by atoms with van der Waals surface area (Å²) in [5.41, 5.74) is 10.1. The van der Waals surface area contributed by atoms with E-state index in [0.29, 0.717) is 5.75 Å². The van der Waals surface area contributed by atoms with Crippen molar-refractivity contribution < 1.29 is 5.11 Å². The second kappa shape index (κ2) is 6.35. The van der Waals surface area contributed by atoms with E-state index in [0.717, 1.165) is 40.2 Å². The Kier molecular flexibility index (Phi) is 4.73. The number of nitrogens with zero attached hydrogens (tertiary/aromatic N) is 1. The fourth-order valence-corrected chi connectivity index (χ4v) is 4.78. The monoisotopic (exact) mass is 372 g/mol. The maximum Gasteiger partial charge on any atom is 0.123 e. The van der Waals surface area contributed by atoms with E-state index in [9.17, 15) is 5.11 Å². The third kappa shape index (κ3) is 3.54. The molecule has 3 nitrogen and oxygen atoms in total. The lowest BCUT2D eigenvalue weighted by molar-refractivity contribution is 0.423. The molecule has 26 heavy (non-hydrogen) atoms. The summed E-state index contributed by atoms with van der Waals surface area (Å²) >= 11 is 1.67. The van der Waals surface area contributed by atoms with Crippen molar-refractivity contribution in [2.24, 2.45) is 5.73 Å². The number of phenolic OH excluding ortho intramolecular Hbond substituents is 1. The van der Waals surface area contributed by atoms with Crippen LogP contribution in [-0.4, -0.2) is 10.1 Å². The van der Waals surface area contributed by atoms with Crippen molar-refractivity contribution >= 4 is 11.3 Å². The van der Waals surface area contributed by atoms with Crippen molar-refractivity contribution in [2.75, 3.05) is 0 Å². The van der Waals surface area contributed by atoms with E-state index in [1.807, 2.05) is 0 Å². The number of hydrogen-bond donors (Lipinski definition) is 2. The standard InChI is InChI=1S/C22H32N2OS/c1-20(2,3)15-11-14(12-16(18(15)25)21(4,5)6)17-13-26-19(24-17)22(23)9-7-8-10-22/h11-13,25H,7-10,23H2,1-6H3. The van der Waals surface area contributed by atoms with Crippen molar-refractivity contribution in [3.05, 3.63) is 33.6 Å². The van der Waals surface area contributed by atoms with Crippen LogP contribution in [0.3, 0.4) is 0 Å². The zero-order valence-corrected chi connectivity index (χ0v) is 17.8. The first-order chi connectivity index (χ1) is 11.9. The van der Waals surface area contributed by atoms with E-state index in [1.54, 1.807) is 11.3 Å². The maximum absolute atomic E-state index is 10.9. The number of hydrogen-bond acceptors (Lipinski definition) is 4. The van der Waals surface area contributed by atoms with Crippen LogP contribution >= 0.6 is 11.3 Å². The van der Waals surface area contributed by atoms with Crippen LogP contribution in [0.4, 0.5) is 0 Å². The maximum atomic E-state index is 10.9. The van der Waals surface area contributed by atoms with E-state index >= 15 is 0 Å². The Hall–Kier alpha value is -1.39. The van der Waals surface area contributed by atoms with Crippen molar-refractivity contribution in [3.8, 4) is 17.0 Å². The fraction of sp³-hybridized carbons (Fsp3) is 0.591. The smallest absolute Gasteiger partial charge is 0.123 e. The average molecular weight is 373 g/mol. The van der Waals surface area contributed by atoms with E-state index < -0.39 is 0 Å². The van der Waals surface area contributed by atoms with E-state index in [-0.39, 0.29) is 16.4 Å². The molecule has 1 fully saturated rings. The highest BCUT2D eigenvalue weighted by Crippen LogP contribution is 2.43. The van der Waals surface area contributed by atoms with Crippen LogP contribution in [0.15, 0.2) is 17.5 Å². The van der Waals surface area contributed by atoms with Crippen LogP contribution in [0.2, 0.25) is 0 Å². The molecule has 0 unspecified atom stereocenters. The molecule has 4 heteroatoms. The predicted octanol–water partition coefficient (Wildman–Crippen LogP) is 5.84. The number of aromatic nitrogens is 1. The van der Waals surface area contributed by atoms with Gasteiger partial charge in [-0.25, -0.2) is 4.98 Å². The van der Waals surface area contributed by atoms with Crippen molar-refractivity contribution in [3.63, 3.8) is 0 Å². The summed E-state index contributed by atoms with van der Waals surface area (Å²) in [6.45, 7) is 12.8. The lowest BCUT2D eigenvalue weighted by Crippen LogP contribution is -2.32. The molecular formula is C22H32N2OS. The van der Waals surface area contributed by atoms with E-state index in [2.05, 4.69) is 59.1 Å². The summed E-state index contributed by atoms with van der Waals surface area (Å²) in [6.07, 6.45) is 4.42. The molecular weight excluding hydrogens is 340 g/mol. The molecule has 0 amide bonds. The molecule has 3 N–H and O–H groups in total. The van der Waals surface area contributed by atoms with Gasteiger partial charge in [0.15, 0.2) is 0 Å². The number of rotatable bonds is 2. The van der Waals surface area contributed by atoms with Gasteiger partial charge in [-0.15, -0.1) is 11.3 Å². The molecule has 1 aliphatic rings. The zero-order chi connectivity index (χ0) is 19.3. The topological polar surface area (TPSA) is 59.1 Å². The number of phenols is 1. The van der Waals surface area contributed by atoms with Crippen LogP contribution in [0.25, 0.3) is 11.3 Å². The minimum Gasteiger partial charge on any atom is -0.507 e. The largest absolute Gasteiger partial charge is 0.507 e. The van der Waals surface area contributed by atoms with Gasteiger partial charge in [-0.1, -0.05) is 54.4 Å². The van der Waals surface area contributed by atoms with Gasteiger partial charge in [0, 0.05) is 22.1 Å². The lowest BCUT2D eigenvalue weighted by atomic mass is 9.78. The van der Waals surface area contributed by atoms with Gasteiger partial charge in [-0.3, -0.25) is 0 Å². The van der Waals surface area contributed by atoms with Crippen LogP contribution in [-0.2, 0) is 16.4 Å². The normalized spacial score (nSPS) is 17.7. The van der Waals surface area contributed by atoms with Gasteiger partial charge in [0.1, 0.15) is 10.8 Å². The molecule has 1 aromatic carbocycles. The summed E-state index contributed by atoms with van der Waals surface area (Å²) in [5, 5.41) is 14.1. The average Bonchev–Trinajstić information content (AvgIpc) is 3.15. The third-order valence-electron chi connectivity index (χ3n) is 5.45. The van der Waals surface area contributed by atoms with E-state index in [1.165, 1.54) is 12.8 Å². The Balaban J connectivity index is 2.12. The molecule has 0 saturated heterocycles. The van der Waals surface area contributed by atoms with Crippen LogP contribution < -0.4 is 5.73 Å². The minimum atomic E-state index is -0.250. The second-order valence-electron chi connectivity index (χ2n) is 9.82. The van der Waals surface area contributed by atoms with Gasteiger partial charge < -0.3 is 10.8 Å². The molecule has 1 aromatic heterocycles. The first-order valence-electron chi connectivity index (χ1n) is 9.55. The lowest BCUT2D eigenvalue weighted by Gasteiger charge is -2.28. The summed E-state index contributed by atoms with van der Waals surface area (Å²) in [7, 11) is 0. The van der Waals surface area contributed by atoms with Crippen LogP contribution in [0.1, 0.15) is 83.4 Å². The SMILES string of the molecule is CC(C)(C)c1cc(-c2csc(C3(N)CCCC3)n2)cc(C(C)(C)C)c1O. The molecule has 2 aromatic rings. The quantitative estimate of drug-likeness (QED) is 0.696. The predicted molar refractivity (Wildman–Crippen MR) is 111 cm³/mol. The van der Waals surface area contributed by atoms with Gasteiger partial charge in [0.25, 0.3) is 0 Å². The van der Waals surface area contributed by atoms with Gasteiger partial charge in [-0.05, 0) is 35.8 Å². The van der Waals surface area contributed by atoms with Crippen LogP contribution in [0, 0.1) is 0 Å². The van der Waals surface area contributed by atoms with E-state index in [4.69, 9.17) is 10.7 Å². The van der Waals surface area contributed by atoms with Crippen molar-refractivity contribution in [2.45, 2.75) is 83.6 Å². The summed E-state index contributed by atoms with van der Waals surface area (Å²) in [5.74, 6) is 0.412. The zero-order valence-electron chi connectivity index (χ0n) is 16.9. The molecule has 1 heterocycles. The summed E-state index contributed by atoms with van der Waals surface area (Å²) in [4.78, 5) is 4.92.